The molecule has 1 aromatic rings. The monoisotopic (exact) mass is 272 g/mol. The highest BCUT2D eigenvalue weighted by atomic mass is 19.4. The van der Waals surface area contributed by atoms with E-state index in [4.69, 9.17) is 0 Å². The van der Waals surface area contributed by atoms with Crippen molar-refractivity contribution in [3.8, 4) is 0 Å². The van der Waals surface area contributed by atoms with Gasteiger partial charge in [-0.3, -0.25) is 4.98 Å². The second-order valence-corrected chi connectivity index (χ2v) is 5.28. The van der Waals surface area contributed by atoms with E-state index < -0.39 is 12.1 Å². The number of hydrogen-bond donors (Lipinski definition) is 1. The van der Waals surface area contributed by atoms with Crippen LogP contribution in [-0.2, 0) is 0 Å². The van der Waals surface area contributed by atoms with Gasteiger partial charge in [0.15, 0.2) is 0 Å². The van der Waals surface area contributed by atoms with E-state index >= 15 is 0 Å². The lowest BCUT2D eigenvalue weighted by atomic mass is 9.85. The second-order valence-electron chi connectivity index (χ2n) is 5.28. The molecule has 1 aromatic heterocycles. The van der Waals surface area contributed by atoms with Crippen molar-refractivity contribution in [2.45, 2.75) is 50.9 Å². The molecule has 1 saturated carbocycles. The Bertz CT molecular complexity index is 391. The lowest BCUT2D eigenvalue weighted by molar-refractivity contribution is -0.183. The molecule has 2 nitrogen and oxygen atoms in total. The van der Waals surface area contributed by atoms with Crippen LogP contribution in [0.2, 0.25) is 0 Å². The van der Waals surface area contributed by atoms with Gasteiger partial charge < -0.3 is 5.32 Å². The van der Waals surface area contributed by atoms with Gasteiger partial charge in [-0.15, -0.1) is 0 Å². The molecular formula is C14H19F3N2. The minimum Gasteiger partial charge on any atom is -0.307 e. The van der Waals surface area contributed by atoms with E-state index in [1.807, 2.05) is 19.1 Å². The highest BCUT2D eigenvalue weighted by Gasteiger charge is 2.42. The Kier molecular flexibility index (Phi) is 4.45. The van der Waals surface area contributed by atoms with Crippen LogP contribution >= 0.6 is 0 Å². The lowest BCUT2D eigenvalue weighted by Crippen LogP contribution is -2.39. The molecule has 0 spiro atoms. The zero-order chi connectivity index (χ0) is 13.9. The molecule has 0 saturated heterocycles. The molecule has 5 heteroatoms. The second kappa shape index (κ2) is 5.90. The first kappa shape index (κ1) is 14.3. The van der Waals surface area contributed by atoms with Crippen LogP contribution in [0.5, 0.6) is 0 Å². The van der Waals surface area contributed by atoms with Gasteiger partial charge in [0.25, 0.3) is 0 Å². The summed E-state index contributed by atoms with van der Waals surface area (Å²) >= 11 is 0. The predicted molar refractivity (Wildman–Crippen MR) is 67.6 cm³/mol. The first-order valence-corrected chi connectivity index (χ1v) is 6.69. The molecule has 0 amide bonds. The quantitative estimate of drug-likeness (QED) is 0.904. The first-order valence-electron chi connectivity index (χ1n) is 6.69. The maximum Gasteiger partial charge on any atom is 0.391 e. The summed E-state index contributed by atoms with van der Waals surface area (Å²) in [5.41, 5.74) is 1.01. The van der Waals surface area contributed by atoms with E-state index in [9.17, 15) is 13.2 Å². The van der Waals surface area contributed by atoms with Crippen LogP contribution in [0.15, 0.2) is 24.5 Å². The van der Waals surface area contributed by atoms with E-state index in [2.05, 4.69) is 10.3 Å². The van der Waals surface area contributed by atoms with Crippen molar-refractivity contribution in [3.63, 3.8) is 0 Å². The molecule has 106 valence electrons. The predicted octanol–water partition coefficient (Wildman–Crippen LogP) is 3.85. The maximum atomic E-state index is 12.7. The summed E-state index contributed by atoms with van der Waals surface area (Å²) < 4.78 is 38.2. The maximum absolute atomic E-state index is 12.7. The highest BCUT2D eigenvalue weighted by Crippen LogP contribution is 2.38. The van der Waals surface area contributed by atoms with Crippen molar-refractivity contribution >= 4 is 0 Å². The zero-order valence-corrected chi connectivity index (χ0v) is 11.0. The van der Waals surface area contributed by atoms with Crippen LogP contribution in [0.25, 0.3) is 0 Å². The number of pyridine rings is 1. The normalized spacial score (nSPS) is 26.1. The van der Waals surface area contributed by atoms with Crippen molar-refractivity contribution in [2.24, 2.45) is 5.92 Å². The Morgan fingerprint density at radius 1 is 1.37 bits per heavy atom. The summed E-state index contributed by atoms with van der Waals surface area (Å²) in [5, 5.41) is 3.30. The summed E-state index contributed by atoms with van der Waals surface area (Å²) in [5.74, 6) is -1.15. The van der Waals surface area contributed by atoms with Gasteiger partial charge in [-0.1, -0.05) is 12.5 Å². The molecule has 0 aromatic carbocycles. The number of hydrogen-bond acceptors (Lipinski definition) is 2. The van der Waals surface area contributed by atoms with Crippen molar-refractivity contribution in [3.05, 3.63) is 30.1 Å². The van der Waals surface area contributed by atoms with Gasteiger partial charge in [-0.2, -0.15) is 13.2 Å². The van der Waals surface area contributed by atoms with Crippen molar-refractivity contribution in [2.75, 3.05) is 0 Å². The topological polar surface area (TPSA) is 24.9 Å². The molecule has 2 rings (SSSR count). The Morgan fingerprint density at radius 2 is 2.16 bits per heavy atom. The van der Waals surface area contributed by atoms with E-state index in [0.29, 0.717) is 6.42 Å². The molecule has 3 atom stereocenters. The molecule has 1 N–H and O–H groups in total. The smallest absolute Gasteiger partial charge is 0.307 e. The largest absolute Gasteiger partial charge is 0.391 e. The van der Waals surface area contributed by atoms with E-state index in [-0.39, 0.29) is 24.9 Å². The van der Waals surface area contributed by atoms with Gasteiger partial charge in [0, 0.05) is 24.5 Å². The Hall–Kier alpha value is -1.10. The standard InChI is InChI=1S/C14H19F3N2/c1-10(11-4-3-7-18-9-11)19-13-6-2-5-12(8-13)14(15,16)17/h3-4,7,9-10,12-13,19H,2,5-6,8H2,1H3/t10-,12?,13?/m0/s1. The van der Waals surface area contributed by atoms with Crippen LogP contribution < -0.4 is 5.32 Å². The summed E-state index contributed by atoms with van der Waals surface area (Å²) in [6.07, 6.45) is 1.30. The SMILES string of the molecule is C[C@H](NC1CCCC(C(F)(F)F)C1)c1cccnc1. The fraction of sp³-hybridized carbons (Fsp3) is 0.643. The molecular weight excluding hydrogens is 253 g/mol. The van der Waals surface area contributed by atoms with E-state index in [0.717, 1.165) is 12.0 Å². The minimum atomic E-state index is -4.06. The fourth-order valence-corrected chi connectivity index (χ4v) is 2.72. The molecule has 0 radical (unpaired) electrons. The summed E-state index contributed by atoms with van der Waals surface area (Å²) in [7, 11) is 0. The molecule has 0 aliphatic heterocycles. The van der Waals surface area contributed by atoms with Crippen LogP contribution in [0.3, 0.4) is 0 Å². The molecule has 1 aliphatic carbocycles. The van der Waals surface area contributed by atoms with Gasteiger partial charge in [-0.05, 0) is 37.8 Å². The van der Waals surface area contributed by atoms with E-state index in [1.165, 1.54) is 0 Å². The van der Waals surface area contributed by atoms with Crippen LogP contribution in [0.1, 0.15) is 44.2 Å². The lowest BCUT2D eigenvalue weighted by Gasteiger charge is -2.33. The number of aromatic nitrogens is 1. The van der Waals surface area contributed by atoms with Crippen LogP contribution in [0, 0.1) is 5.92 Å². The van der Waals surface area contributed by atoms with E-state index in [1.54, 1.807) is 12.4 Å². The molecule has 1 heterocycles. The number of halogens is 3. The average molecular weight is 272 g/mol. The highest BCUT2D eigenvalue weighted by molar-refractivity contribution is 5.13. The minimum absolute atomic E-state index is 0.0330. The summed E-state index contributed by atoms with van der Waals surface area (Å²) in [6, 6.07) is 3.75. The number of nitrogens with one attached hydrogen (secondary N) is 1. The van der Waals surface area contributed by atoms with Crippen LogP contribution in [0.4, 0.5) is 13.2 Å². The van der Waals surface area contributed by atoms with Gasteiger partial charge in [-0.25, -0.2) is 0 Å². The number of nitrogens with zero attached hydrogens (tertiary/aromatic N) is 1. The third kappa shape index (κ3) is 3.93. The molecule has 19 heavy (non-hydrogen) atoms. The van der Waals surface area contributed by atoms with Crippen molar-refractivity contribution in [1.29, 1.82) is 0 Å². The fourth-order valence-electron chi connectivity index (χ4n) is 2.72. The summed E-state index contributed by atoms with van der Waals surface area (Å²) in [4.78, 5) is 4.03. The molecule has 0 bridgehead atoms. The average Bonchev–Trinajstić information content (AvgIpc) is 2.39. The third-order valence-electron chi connectivity index (χ3n) is 3.81. The summed E-state index contributed by atoms with van der Waals surface area (Å²) in [6.45, 7) is 1.97. The van der Waals surface area contributed by atoms with Gasteiger partial charge >= 0.3 is 6.18 Å². The third-order valence-corrected chi connectivity index (χ3v) is 3.81. The first-order chi connectivity index (χ1) is 8.97. The van der Waals surface area contributed by atoms with Gasteiger partial charge in [0.1, 0.15) is 0 Å². The van der Waals surface area contributed by atoms with Crippen LogP contribution in [-0.4, -0.2) is 17.2 Å². The molecule has 1 aliphatic rings. The zero-order valence-electron chi connectivity index (χ0n) is 11.0. The van der Waals surface area contributed by atoms with Gasteiger partial charge in [0.05, 0.1) is 5.92 Å². The number of alkyl halides is 3. The molecule has 1 fully saturated rings. The van der Waals surface area contributed by atoms with Gasteiger partial charge in [0.2, 0.25) is 0 Å². The molecule has 2 unspecified atom stereocenters. The Morgan fingerprint density at radius 3 is 2.79 bits per heavy atom. The number of rotatable bonds is 3. The Labute approximate surface area is 111 Å². The van der Waals surface area contributed by atoms with Crippen molar-refractivity contribution < 1.29 is 13.2 Å². The Balaban J connectivity index is 1.92. The van der Waals surface area contributed by atoms with Crippen molar-refractivity contribution in [1.82, 2.24) is 10.3 Å².